The van der Waals surface area contributed by atoms with Gasteiger partial charge < -0.3 is 15.0 Å². The largest absolute Gasteiger partial charge is 0.395 e. The third-order valence-electron chi connectivity index (χ3n) is 4.38. The predicted octanol–water partition coefficient (Wildman–Crippen LogP) is 0.874. The van der Waals surface area contributed by atoms with Gasteiger partial charge in [-0.25, -0.2) is 17.5 Å². The second kappa shape index (κ2) is 7.11. The molecule has 1 aromatic carbocycles. The quantitative estimate of drug-likeness (QED) is 0.715. The molecule has 0 saturated heterocycles. The van der Waals surface area contributed by atoms with Crippen LogP contribution in [-0.2, 0) is 23.5 Å². The van der Waals surface area contributed by atoms with Crippen molar-refractivity contribution in [3.8, 4) is 6.07 Å². The van der Waals surface area contributed by atoms with Crippen LogP contribution in [0, 0.1) is 17.1 Å². The number of aromatic nitrogens is 1. The minimum absolute atomic E-state index is 0.0112. The summed E-state index contributed by atoms with van der Waals surface area (Å²) in [6.07, 6.45) is 1.96. The highest BCUT2D eigenvalue weighted by molar-refractivity contribution is 7.89. The van der Waals surface area contributed by atoms with E-state index in [0.717, 1.165) is 6.07 Å². The highest BCUT2D eigenvalue weighted by Gasteiger charge is 2.32. The zero-order valence-electron chi connectivity index (χ0n) is 14.4. The van der Waals surface area contributed by atoms with Gasteiger partial charge in [0.05, 0.1) is 12.2 Å². The van der Waals surface area contributed by atoms with Gasteiger partial charge in [0.1, 0.15) is 22.5 Å². The Morgan fingerprint density at radius 2 is 2.26 bits per heavy atom. The number of fused-ring (bicyclic) bond motifs is 1. The molecule has 2 aromatic rings. The molecule has 142 valence electrons. The smallest absolute Gasteiger partial charge is 0.272 e. The van der Waals surface area contributed by atoms with Crippen LogP contribution in [0.25, 0.3) is 0 Å². The number of sulfonamides is 1. The molecule has 1 atom stereocenters. The van der Waals surface area contributed by atoms with E-state index in [4.69, 9.17) is 5.26 Å². The molecular weight excluding hydrogens is 375 g/mol. The van der Waals surface area contributed by atoms with Crippen LogP contribution in [0.5, 0.6) is 0 Å². The highest BCUT2D eigenvalue weighted by Crippen LogP contribution is 2.28. The molecule has 1 unspecified atom stereocenters. The summed E-state index contributed by atoms with van der Waals surface area (Å²) in [4.78, 5) is 12.7. The van der Waals surface area contributed by atoms with Crippen LogP contribution in [-0.4, -0.2) is 36.6 Å². The predicted molar refractivity (Wildman–Crippen MR) is 94.0 cm³/mol. The summed E-state index contributed by atoms with van der Waals surface area (Å²) in [6, 6.07) is 4.65. The number of carbonyl (C=O) groups is 1. The number of halogens is 1. The van der Waals surface area contributed by atoms with E-state index in [1.165, 1.54) is 22.9 Å². The Labute approximate surface area is 155 Å². The van der Waals surface area contributed by atoms with E-state index in [0.29, 0.717) is 12.0 Å². The number of nitrogens with zero attached hydrogens (tertiary/aromatic N) is 2. The summed E-state index contributed by atoms with van der Waals surface area (Å²) in [6.45, 7) is -0.344. The minimum atomic E-state index is -3.87. The van der Waals surface area contributed by atoms with Crippen LogP contribution in [0.2, 0.25) is 0 Å². The number of aliphatic hydroxyl groups is 1. The number of nitriles is 1. The molecule has 0 bridgehead atoms. The summed E-state index contributed by atoms with van der Waals surface area (Å²) in [5.74, 6) is -1.28. The molecule has 8 nitrogen and oxygen atoms in total. The highest BCUT2D eigenvalue weighted by atomic mass is 32.2. The Balaban J connectivity index is 1.98. The molecule has 0 radical (unpaired) electrons. The lowest BCUT2D eigenvalue weighted by molar-refractivity contribution is 0.101. The second-order valence-electron chi connectivity index (χ2n) is 6.23. The molecule has 1 aliphatic heterocycles. The van der Waals surface area contributed by atoms with E-state index < -0.39 is 27.8 Å². The fraction of sp³-hybridized carbons (Fsp3) is 0.294. The first kappa shape index (κ1) is 19.0. The van der Waals surface area contributed by atoms with Crippen LogP contribution in [0.3, 0.4) is 0 Å². The molecule has 10 heteroatoms. The number of hydrogen-bond acceptors (Lipinski definition) is 5. The van der Waals surface area contributed by atoms with Crippen molar-refractivity contribution in [2.75, 3.05) is 11.9 Å². The Morgan fingerprint density at radius 1 is 1.52 bits per heavy atom. The van der Waals surface area contributed by atoms with Gasteiger partial charge in [0.15, 0.2) is 0 Å². The van der Waals surface area contributed by atoms with Crippen LogP contribution in [0.15, 0.2) is 29.3 Å². The zero-order valence-corrected chi connectivity index (χ0v) is 15.2. The maximum atomic E-state index is 13.4. The lowest BCUT2D eigenvalue weighted by atomic mass is 10.1. The average Bonchev–Trinajstić information content (AvgIpc) is 2.91. The molecule has 2 heterocycles. The fourth-order valence-corrected chi connectivity index (χ4v) is 4.66. The Kier molecular flexibility index (Phi) is 5.01. The van der Waals surface area contributed by atoms with Crippen LogP contribution < -0.4 is 10.0 Å². The maximum absolute atomic E-state index is 13.4. The van der Waals surface area contributed by atoms with Crippen molar-refractivity contribution in [3.05, 3.63) is 47.0 Å². The zero-order chi connectivity index (χ0) is 19.8. The first-order chi connectivity index (χ1) is 12.8. The average molecular weight is 392 g/mol. The van der Waals surface area contributed by atoms with Gasteiger partial charge in [-0.1, -0.05) is 0 Å². The van der Waals surface area contributed by atoms with E-state index in [9.17, 15) is 22.7 Å². The molecule has 0 spiro atoms. The SMILES string of the molecule is Cn1cc2c(c1C(=O)Nc1ccc(F)c(C#N)c1)CCC(CO)NS2(=O)=O. The lowest BCUT2D eigenvalue weighted by Crippen LogP contribution is -2.36. The van der Waals surface area contributed by atoms with E-state index in [1.54, 1.807) is 13.1 Å². The molecule has 0 aliphatic carbocycles. The van der Waals surface area contributed by atoms with Crippen molar-refractivity contribution in [1.82, 2.24) is 9.29 Å². The van der Waals surface area contributed by atoms with Crippen molar-refractivity contribution >= 4 is 21.6 Å². The van der Waals surface area contributed by atoms with E-state index in [2.05, 4.69) is 10.0 Å². The summed E-state index contributed by atoms with van der Waals surface area (Å²) >= 11 is 0. The molecule has 3 N–H and O–H groups in total. The number of amides is 1. The maximum Gasteiger partial charge on any atom is 0.272 e. The van der Waals surface area contributed by atoms with E-state index >= 15 is 0 Å². The first-order valence-electron chi connectivity index (χ1n) is 8.09. The number of hydrogen-bond donors (Lipinski definition) is 3. The number of anilines is 1. The molecule has 1 aliphatic rings. The second-order valence-corrected chi connectivity index (χ2v) is 7.91. The number of aryl methyl sites for hydroxylation is 1. The van der Waals surface area contributed by atoms with Gasteiger partial charge in [0, 0.05) is 30.5 Å². The van der Waals surface area contributed by atoms with Crippen LogP contribution in [0.4, 0.5) is 10.1 Å². The summed E-state index contributed by atoms with van der Waals surface area (Å²) < 4.78 is 42.2. The molecular formula is C17H17FN4O4S. The molecule has 1 amide bonds. The Hall–Kier alpha value is -2.74. The standard InChI is InChI=1S/C17H17FN4O4S/c1-22-8-15-13(4-2-12(9-23)21-27(15,25)26)16(22)17(24)20-11-3-5-14(18)10(6-11)7-19/h3,5-6,8,12,21,23H,2,4,9H2,1H3,(H,20,24). The minimum Gasteiger partial charge on any atom is -0.395 e. The molecule has 1 aromatic heterocycles. The summed E-state index contributed by atoms with van der Waals surface area (Å²) in [5, 5.41) is 20.8. The normalized spacial score (nSPS) is 18.2. The fourth-order valence-electron chi connectivity index (χ4n) is 3.09. The topological polar surface area (TPSA) is 124 Å². The first-order valence-corrected chi connectivity index (χ1v) is 9.57. The Morgan fingerprint density at radius 3 is 2.93 bits per heavy atom. The Bertz CT molecular complexity index is 1060. The molecule has 0 saturated carbocycles. The van der Waals surface area contributed by atoms with Gasteiger partial charge in [-0.15, -0.1) is 0 Å². The summed E-state index contributed by atoms with van der Waals surface area (Å²) in [5.41, 5.74) is 0.504. The number of nitrogens with one attached hydrogen (secondary N) is 2. The van der Waals surface area contributed by atoms with Gasteiger partial charge in [-0.2, -0.15) is 5.26 Å². The van der Waals surface area contributed by atoms with Gasteiger partial charge in [0.25, 0.3) is 5.91 Å². The lowest BCUT2D eigenvalue weighted by Gasteiger charge is -2.12. The van der Waals surface area contributed by atoms with Crippen molar-refractivity contribution in [2.24, 2.45) is 7.05 Å². The van der Waals surface area contributed by atoms with Gasteiger partial charge >= 0.3 is 0 Å². The van der Waals surface area contributed by atoms with Crippen molar-refractivity contribution in [2.45, 2.75) is 23.8 Å². The third-order valence-corrected chi connectivity index (χ3v) is 5.96. The monoisotopic (exact) mass is 392 g/mol. The van der Waals surface area contributed by atoms with Crippen molar-refractivity contribution < 1.29 is 22.7 Å². The molecule has 27 heavy (non-hydrogen) atoms. The van der Waals surface area contributed by atoms with Crippen LogP contribution >= 0.6 is 0 Å². The third kappa shape index (κ3) is 3.57. The number of rotatable bonds is 3. The number of aliphatic hydroxyl groups excluding tert-OH is 1. The summed E-state index contributed by atoms with van der Waals surface area (Å²) in [7, 11) is -2.32. The van der Waals surface area contributed by atoms with Crippen LogP contribution in [0.1, 0.15) is 28.0 Å². The molecule has 0 fully saturated rings. The van der Waals surface area contributed by atoms with Gasteiger partial charge in [-0.3, -0.25) is 4.79 Å². The number of carbonyl (C=O) groups excluding carboxylic acids is 1. The van der Waals surface area contributed by atoms with Crippen molar-refractivity contribution in [3.63, 3.8) is 0 Å². The van der Waals surface area contributed by atoms with Crippen molar-refractivity contribution in [1.29, 1.82) is 5.26 Å². The van der Waals surface area contributed by atoms with E-state index in [1.807, 2.05) is 0 Å². The van der Waals surface area contributed by atoms with Gasteiger partial charge in [0.2, 0.25) is 10.0 Å². The number of benzene rings is 1. The molecule has 3 rings (SSSR count). The van der Waals surface area contributed by atoms with E-state index in [-0.39, 0.29) is 34.9 Å². The van der Waals surface area contributed by atoms with Gasteiger partial charge in [-0.05, 0) is 31.0 Å².